The SMILES string of the molecule is Cc1ccc(N(C)C(=O)N(CC(N)=O)CC(=O)O)c(C)c1. The quantitative estimate of drug-likeness (QED) is 0.835. The van der Waals surface area contributed by atoms with Crippen LogP contribution in [-0.2, 0) is 9.59 Å². The van der Waals surface area contributed by atoms with Crippen molar-refractivity contribution in [2.75, 3.05) is 25.0 Å². The lowest BCUT2D eigenvalue weighted by atomic mass is 10.1. The summed E-state index contributed by atoms with van der Waals surface area (Å²) < 4.78 is 0. The highest BCUT2D eigenvalue weighted by Crippen LogP contribution is 2.21. The van der Waals surface area contributed by atoms with Gasteiger partial charge >= 0.3 is 12.0 Å². The molecule has 7 heteroatoms. The number of carboxylic acids is 1. The van der Waals surface area contributed by atoms with Crippen LogP contribution in [0.2, 0.25) is 0 Å². The number of aliphatic carboxylic acids is 1. The van der Waals surface area contributed by atoms with Crippen LogP contribution in [0, 0.1) is 13.8 Å². The van der Waals surface area contributed by atoms with Gasteiger partial charge in [-0.3, -0.25) is 14.5 Å². The van der Waals surface area contributed by atoms with Crippen LogP contribution in [-0.4, -0.2) is 48.1 Å². The van der Waals surface area contributed by atoms with Gasteiger partial charge in [0.05, 0.1) is 0 Å². The van der Waals surface area contributed by atoms with Crippen LogP contribution in [0.1, 0.15) is 11.1 Å². The van der Waals surface area contributed by atoms with E-state index >= 15 is 0 Å². The number of hydrogen-bond donors (Lipinski definition) is 2. The molecule has 0 bridgehead atoms. The fourth-order valence-electron chi connectivity index (χ4n) is 2.04. The van der Waals surface area contributed by atoms with Crippen molar-refractivity contribution in [1.82, 2.24) is 4.90 Å². The Kier molecular flexibility index (Phi) is 5.29. The Hall–Kier alpha value is -2.57. The zero-order chi connectivity index (χ0) is 16.2. The van der Waals surface area contributed by atoms with E-state index in [0.29, 0.717) is 5.69 Å². The highest BCUT2D eigenvalue weighted by atomic mass is 16.4. The second kappa shape index (κ2) is 6.74. The van der Waals surface area contributed by atoms with Gasteiger partial charge in [0.25, 0.3) is 0 Å². The van der Waals surface area contributed by atoms with E-state index in [1.807, 2.05) is 26.0 Å². The summed E-state index contributed by atoms with van der Waals surface area (Å²) in [5.41, 5.74) is 7.62. The minimum absolute atomic E-state index is 0.444. The van der Waals surface area contributed by atoms with Crippen molar-refractivity contribution < 1.29 is 19.5 Å². The zero-order valence-electron chi connectivity index (χ0n) is 12.3. The first kappa shape index (κ1) is 16.5. The Balaban J connectivity index is 3.01. The summed E-state index contributed by atoms with van der Waals surface area (Å²) in [6, 6.07) is 4.94. The predicted octanol–water partition coefficient (Wildman–Crippen LogP) is 0.732. The van der Waals surface area contributed by atoms with Gasteiger partial charge in [-0.15, -0.1) is 0 Å². The second-order valence-corrected chi connectivity index (χ2v) is 4.85. The standard InChI is InChI=1S/C14H19N3O4/c1-9-4-5-11(10(2)6-9)16(3)14(21)17(7-12(15)18)8-13(19)20/h4-6H,7-8H2,1-3H3,(H2,15,18)(H,19,20). The monoisotopic (exact) mass is 293 g/mol. The highest BCUT2D eigenvalue weighted by molar-refractivity contribution is 5.96. The van der Waals surface area contributed by atoms with Crippen LogP contribution in [0.5, 0.6) is 0 Å². The van der Waals surface area contributed by atoms with Gasteiger partial charge in [-0.2, -0.15) is 0 Å². The van der Waals surface area contributed by atoms with Crippen molar-refractivity contribution >= 4 is 23.6 Å². The number of primary amides is 1. The number of nitrogens with two attached hydrogens (primary N) is 1. The smallest absolute Gasteiger partial charge is 0.325 e. The first-order valence-corrected chi connectivity index (χ1v) is 6.32. The molecule has 1 aromatic carbocycles. The Labute approximate surface area is 122 Å². The van der Waals surface area contributed by atoms with Crippen LogP contribution in [0.15, 0.2) is 18.2 Å². The first-order chi connectivity index (χ1) is 9.72. The molecular formula is C14H19N3O4. The number of carboxylic acid groups (broad SMARTS) is 1. The number of aryl methyl sites for hydroxylation is 2. The number of nitrogens with zero attached hydrogens (tertiary/aromatic N) is 2. The van der Waals surface area contributed by atoms with E-state index in [1.54, 1.807) is 6.07 Å². The van der Waals surface area contributed by atoms with Crippen LogP contribution >= 0.6 is 0 Å². The molecule has 1 rings (SSSR count). The summed E-state index contributed by atoms with van der Waals surface area (Å²) in [5, 5.41) is 8.82. The number of benzene rings is 1. The predicted molar refractivity (Wildman–Crippen MR) is 78.1 cm³/mol. The molecule has 3 amide bonds. The van der Waals surface area contributed by atoms with Crippen molar-refractivity contribution in [3.05, 3.63) is 29.3 Å². The summed E-state index contributed by atoms with van der Waals surface area (Å²) in [6.45, 7) is 2.75. The molecule has 7 nitrogen and oxygen atoms in total. The van der Waals surface area contributed by atoms with Gasteiger partial charge in [0.15, 0.2) is 0 Å². The summed E-state index contributed by atoms with van der Waals surface area (Å²) in [4.78, 5) is 36.3. The number of carbonyl (C=O) groups excluding carboxylic acids is 2. The van der Waals surface area contributed by atoms with Gasteiger partial charge < -0.3 is 15.7 Å². The van der Waals surface area contributed by atoms with Gasteiger partial charge in [0.1, 0.15) is 13.1 Å². The lowest BCUT2D eigenvalue weighted by Gasteiger charge is -2.27. The van der Waals surface area contributed by atoms with Gasteiger partial charge in [0.2, 0.25) is 5.91 Å². The molecule has 3 N–H and O–H groups in total. The third kappa shape index (κ3) is 4.48. The number of carbonyl (C=O) groups is 3. The number of hydrogen-bond acceptors (Lipinski definition) is 3. The normalized spacial score (nSPS) is 10.0. The zero-order valence-corrected chi connectivity index (χ0v) is 12.3. The molecule has 21 heavy (non-hydrogen) atoms. The number of anilines is 1. The van der Waals surface area contributed by atoms with Crippen LogP contribution in [0.25, 0.3) is 0 Å². The van der Waals surface area contributed by atoms with E-state index in [-0.39, 0.29) is 0 Å². The molecule has 0 fully saturated rings. The van der Waals surface area contributed by atoms with Gasteiger partial charge in [-0.05, 0) is 25.5 Å². The summed E-state index contributed by atoms with van der Waals surface area (Å²) in [7, 11) is 1.52. The van der Waals surface area contributed by atoms with Crippen molar-refractivity contribution in [2.24, 2.45) is 5.73 Å². The maximum Gasteiger partial charge on any atom is 0.325 e. The first-order valence-electron chi connectivity index (χ1n) is 6.32. The lowest BCUT2D eigenvalue weighted by molar-refractivity contribution is -0.137. The minimum atomic E-state index is -1.21. The fourth-order valence-corrected chi connectivity index (χ4v) is 2.04. The highest BCUT2D eigenvalue weighted by Gasteiger charge is 2.23. The molecule has 0 aromatic heterocycles. The summed E-state index contributed by atoms with van der Waals surface area (Å²) in [6.07, 6.45) is 0. The van der Waals surface area contributed by atoms with Crippen molar-refractivity contribution in [1.29, 1.82) is 0 Å². The molecule has 0 aliphatic rings. The molecule has 0 radical (unpaired) electrons. The molecule has 0 heterocycles. The van der Waals surface area contributed by atoms with Crippen molar-refractivity contribution in [3.8, 4) is 0 Å². The fraction of sp³-hybridized carbons (Fsp3) is 0.357. The van der Waals surface area contributed by atoms with E-state index in [2.05, 4.69) is 0 Å². The maximum absolute atomic E-state index is 12.3. The topological polar surface area (TPSA) is 104 Å². The van der Waals surface area contributed by atoms with Gasteiger partial charge in [0, 0.05) is 12.7 Å². The number of urea groups is 1. The van der Waals surface area contributed by atoms with E-state index in [1.165, 1.54) is 11.9 Å². The largest absolute Gasteiger partial charge is 0.480 e. The molecule has 0 aliphatic heterocycles. The van der Waals surface area contributed by atoms with Crippen molar-refractivity contribution in [2.45, 2.75) is 13.8 Å². The summed E-state index contributed by atoms with van der Waals surface area (Å²) >= 11 is 0. The molecular weight excluding hydrogens is 274 g/mol. The van der Waals surface area contributed by atoms with E-state index in [4.69, 9.17) is 10.8 Å². The Morgan fingerprint density at radius 3 is 2.29 bits per heavy atom. The van der Waals surface area contributed by atoms with Crippen LogP contribution in [0.4, 0.5) is 10.5 Å². The average Bonchev–Trinajstić information content (AvgIpc) is 2.35. The Morgan fingerprint density at radius 1 is 1.19 bits per heavy atom. The molecule has 0 saturated carbocycles. The molecule has 1 aromatic rings. The van der Waals surface area contributed by atoms with Crippen molar-refractivity contribution in [3.63, 3.8) is 0 Å². The molecule has 0 unspecified atom stereocenters. The van der Waals surface area contributed by atoms with E-state index < -0.39 is 31.0 Å². The molecule has 0 spiro atoms. The van der Waals surface area contributed by atoms with Crippen LogP contribution < -0.4 is 10.6 Å². The van der Waals surface area contributed by atoms with E-state index in [0.717, 1.165) is 16.0 Å². The number of amides is 3. The maximum atomic E-state index is 12.3. The molecule has 0 atom stereocenters. The minimum Gasteiger partial charge on any atom is -0.480 e. The summed E-state index contributed by atoms with van der Waals surface area (Å²) in [5.74, 6) is -1.97. The third-order valence-corrected chi connectivity index (χ3v) is 2.94. The van der Waals surface area contributed by atoms with Gasteiger partial charge in [-0.25, -0.2) is 4.79 Å². The van der Waals surface area contributed by atoms with E-state index in [9.17, 15) is 14.4 Å². The lowest BCUT2D eigenvalue weighted by Crippen LogP contribution is -2.47. The molecule has 0 aliphatic carbocycles. The molecule has 114 valence electrons. The second-order valence-electron chi connectivity index (χ2n) is 4.85. The third-order valence-electron chi connectivity index (χ3n) is 2.94. The van der Waals surface area contributed by atoms with Gasteiger partial charge in [-0.1, -0.05) is 17.7 Å². The number of rotatable bonds is 5. The Morgan fingerprint density at radius 2 is 1.81 bits per heavy atom. The van der Waals surface area contributed by atoms with Crippen LogP contribution in [0.3, 0.4) is 0 Å². The average molecular weight is 293 g/mol. The molecule has 0 saturated heterocycles. The Bertz CT molecular complexity index is 555.